The number of para-hydroxylation sites is 1. The van der Waals surface area contributed by atoms with Crippen LogP contribution in [0.5, 0.6) is 0 Å². The highest BCUT2D eigenvalue weighted by atomic mass is 16.3. The second-order valence-electron chi connectivity index (χ2n) is 10.3. The topological polar surface area (TPSA) is 120 Å². The van der Waals surface area contributed by atoms with Gasteiger partial charge in [-0.05, 0) is 47.4 Å². The summed E-state index contributed by atoms with van der Waals surface area (Å²) in [6.45, 7) is 6.80. The van der Waals surface area contributed by atoms with Gasteiger partial charge in [-0.2, -0.15) is 10.4 Å². The Hall–Kier alpha value is -3.70. The molecule has 1 aliphatic carbocycles. The van der Waals surface area contributed by atoms with Gasteiger partial charge in [0, 0.05) is 18.5 Å². The fourth-order valence-electron chi connectivity index (χ4n) is 4.27. The zero-order valence-corrected chi connectivity index (χ0v) is 20.3. The van der Waals surface area contributed by atoms with Crippen molar-refractivity contribution in [3.8, 4) is 6.07 Å². The second kappa shape index (κ2) is 9.88. The van der Waals surface area contributed by atoms with Gasteiger partial charge in [-0.1, -0.05) is 51.1 Å². The van der Waals surface area contributed by atoms with E-state index in [4.69, 9.17) is 5.26 Å². The Bertz CT molecular complexity index is 1270. The number of benzene rings is 2. The summed E-state index contributed by atoms with van der Waals surface area (Å²) in [5.41, 5.74) is 2.10. The number of fused-ring (bicyclic) bond motifs is 1. The van der Waals surface area contributed by atoms with Crippen LogP contribution in [-0.4, -0.2) is 45.9 Å². The summed E-state index contributed by atoms with van der Waals surface area (Å²) in [7, 11) is 0. The molecule has 1 aromatic heterocycles. The number of rotatable bonds is 8. The predicted molar refractivity (Wildman–Crippen MR) is 132 cm³/mol. The van der Waals surface area contributed by atoms with Crippen molar-refractivity contribution in [2.45, 2.75) is 39.8 Å². The Balaban J connectivity index is 1.54. The zero-order valence-electron chi connectivity index (χ0n) is 20.3. The summed E-state index contributed by atoms with van der Waals surface area (Å²) >= 11 is 0. The van der Waals surface area contributed by atoms with Crippen LogP contribution in [0.3, 0.4) is 0 Å². The Morgan fingerprint density at radius 1 is 1.17 bits per heavy atom. The summed E-state index contributed by atoms with van der Waals surface area (Å²) in [6, 6.07) is 16.1. The van der Waals surface area contributed by atoms with Gasteiger partial charge in [0.15, 0.2) is 5.69 Å². The lowest BCUT2D eigenvalue weighted by atomic mass is 9.86. The van der Waals surface area contributed by atoms with Crippen molar-refractivity contribution in [1.82, 2.24) is 20.4 Å². The summed E-state index contributed by atoms with van der Waals surface area (Å²) in [6.07, 6.45) is 0.909. The molecular weight excluding hydrogens is 442 g/mol. The first kappa shape index (κ1) is 24.4. The summed E-state index contributed by atoms with van der Waals surface area (Å²) in [4.78, 5) is 26.4. The van der Waals surface area contributed by atoms with Crippen molar-refractivity contribution in [2.24, 2.45) is 17.3 Å². The van der Waals surface area contributed by atoms with E-state index in [1.807, 2.05) is 57.2 Å². The Labute approximate surface area is 204 Å². The molecule has 0 aliphatic heterocycles. The summed E-state index contributed by atoms with van der Waals surface area (Å²) < 4.78 is 1.76. The Kier molecular flexibility index (Phi) is 6.90. The average molecular weight is 474 g/mol. The molecule has 1 heterocycles. The Morgan fingerprint density at radius 3 is 2.51 bits per heavy atom. The standard InChI is InChI=1S/C27H31N5O3/c1-27(2,3)24(26(35)29-14-19-12-20(19)16-33)30-25(34)23-21-6-4-5-7-22(21)32(31-23)15-18-10-8-17(13-28)9-11-18/h4-11,19-20,24,33H,12,14-16H2,1-3H3,(H,29,35)(H,30,34)/t19-,20?,24?/m1/s1. The molecule has 2 unspecified atom stereocenters. The van der Waals surface area contributed by atoms with Crippen LogP contribution in [-0.2, 0) is 11.3 Å². The molecule has 3 aromatic rings. The first-order valence-corrected chi connectivity index (χ1v) is 11.8. The molecule has 1 fully saturated rings. The van der Waals surface area contributed by atoms with E-state index in [2.05, 4.69) is 21.8 Å². The van der Waals surface area contributed by atoms with Gasteiger partial charge in [-0.25, -0.2) is 0 Å². The van der Waals surface area contributed by atoms with Crippen molar-refractivity contribution < 1.29 is 14.7 Å². The van der Waals surface area contributed by atoms with E-state index in [1.165, 1.54) is 0 Å². The highest BCUT2D eigenvalue weighted by Gasteiger charge is 2.38. The third-order valence-corrected chi connectivity index (χ3v) is 6.53. The Morgan fingerprint density at radius 2 is 1.89 bits per heavy atom. The van der Waals surface area contributed by atoms with E-state index in [9.17, 15) is 14.7 Å². The van der Waals surface area contributed by atoms with Crippen molar-refractivity contribution in [1.29, 1.82) is 5.26 Å². The number of aromatic nitrogens is 2. The van der Waals surface area contributed by atoms with Gasteiger partial charge in [-0.15, -0.1) is 0 Å². The van der Waals surface area contributed by atoms with Gasteiger partial charge in [0.1, 0.15) is 6.04 Å². The van der Waals surface area contributed by atoms with Crippen LogP contribution < -0.4 is 10.6 Å². The first-order valence-electron chi connectivity index (χ1n) is 11.8. The number of nitrogens with zero attached hydrogens (tertiary/aromatic N) is 3. The molecule has 2 amide bonds. The first-order chi connectivity index (χ1) is 16.7. The minimum atomic E-state index is -0.747. The van der Waals surface area contributed by atoms with Crippen LogP contribution in [0, 0.1) is 28.6 Å². The van der Waals surface area contributed by atoms with Crippen LogP contribution in [0.1, 0.15) is 48.8 Å². The molecule has 8 heteroatoms. The molecule has 0 saturated heterocycles. The number of amides is 2. The summed E-state index contributed by atoms with van der Waals surface area (Å²) in [5.74, 6) is -0.100. The maximum Gasteiger partial charge on any atom is 0.273 e. The third kappa shape index (κ3) is 5.52. The monoisotopic (exact) mass is 473 g/mol. The van der Waals surface area contributed by atoms with Gasteiger partial charge in [0.2, 0.25) is 5.91 Å². The van der Waals surface area contributed by atoms with E-state index in [0.717, 1.165) is 17.5 Å². The quantitative estimate of drug-likeness (QED) is 0.465. The molecular formula is C27H31N5O3. The number of aliphatic hydroxyl groups is 1. The molecule has 1 aliphatic rings. The molecule has 0 bridgehead atoms. The number of hydrogen-bond acceptors (Lipinski definition) is 5. The second-order valence-corrected chi connectivity index (χ2v) is 10.3. The highest BCUT2D eigenvalue weighted by molar-refractivity contribution is 6.06. The van der Waals surface area contributed by atoms with E-state index in [-0.39, 0.29) is 24.1 Å². The van der Waals surface area contributed by atoms with E-state index in [1.54, 1.807) is 16.8 Å². The van der Waals surface area contributed by atoms with Gasteiger partial charge in [0.25, 0.3) is 5.91 Å². The van der Waals surface area contributed by atoms with Crippen molar-refractivity contribution >= 4 is 22.7 Å². The number of aliphatic hydroxyl groups excluding tert-OH is 1. The van der Waals surface area contributed by atoms with Gasteiger partial charge in [-0.3, -0.25) is 14.3 Å². The predicted octanol–water partition coefficient (Wildman–Crippen LogP) is 2.85. The largest absolute Gasteiger partial charge is 0.396 e. The highest BCUT2D eigenvalue weighted by Crippen LogP contribution is 2.37. The molecule has 35 heavy (non-hydrogen) atoms. The van der Waals surface area contributed by atoms with Crippen molar-refractivity contribution in [3.63, 3.8) is 0 Å². The number of nitriles is 1. The number of nitrogens with one attached hydrogen (secondary N) is 2. The smallest absolute Gasteiger partial charge is 0.273 e. The van der Waals surface area contributed by atoms with Crippen LogP contribution in [0.25, 0.3) is 10.9 Å². The van der Waals surface area contributed by atoms with E-state index in [0.29, 0.717) is 30.0 Å². The van der Waals surface area contributed by atoms with Crippen molar-refractivity contribution in [3.05, 3.63) is 65.4 Å². The maximum absolute atomic E-state index is 13.4. The fourth-order valence-corrected chi connectivity index (χ4v) is 4.27. The van der Waals surface area contributed by atoms with Crippen LogP contribution in [0.2, 0.25) is 0 Å². The molecule has 1 saturated carbocycles. The maximum atomic E-state index is 13.4. The molecule has 3 atom stereocenters. The molecule has 4 rings (SSSR count). The minimum absolute atomic E-state index is 0.137. The zero-order chi connectivity index (χ0) is 25.2. The van der Waals surface area contributed by atoms with Gasteiger partial charge < -0.3 is 15.7 Å². The average Bonchev–Trinajstić information content (AvgIpc) is 3.52. The lowest BCUT2D eigenvalue weighted by Gasteiger charge is -2.30. The van der Waals surface area contributed by atoms with Gasteiger partial charge in [0.05, 0.1) is 23.7 Å². The molecule has 0 spiro atoms. The number of hydrogen-bond donors (Lipinski definition) is 3. The molecule has 0 radical (unpaired) electrons. The van der Waals surface area contributed by atoms with E-state index >= 15 is 0 Å². The molecule has 8 nitrogen and oxygen atoms in total. The van der Waals surface area contributed by atoms with Crippen LogP contribution in [0.15, 0.2) is 48.5 Å². The minimum Gasteiger partial charge on any atom is -0.396 e. The van der Waals surface area contributed by atoms with Crippen molar-refractivity contribution in [2.75, 3.05) is 13.2 Å². The molecule has 3 N–H and O–H groups in total. The number of carbonyl (C=O) groups is 2. The van der Waals surface area contributed by atoms with Crippen LogP contribution >= 0.6 is 0 Å². The fraction of sp³-hybridized carbons (Fsp3) is 0.407. The summed E-state index contributed by atoms with van der Waals surface area (Å²) in [5, 5.41) is 29.4. The lowest BCUT2D eigenvalue weighted by Crippen LogP contribution is -2.54. The van der Waals surface area contributed by atoms with Gasteiger partial charge >= 0.3 is 0 Å². The number of carbonyl (C=O) groups excluding carboxylic acids is 2. The molecule has 182 valence electrons. The normalized spacial score (nSPS) is 18.0. The van der Waals surface area contributed by atoms with Crippen LogP contribution in [0.4, 0.5) is 0 Å². The third-order valence-electron chi connectivity index (χ3n) is 6.53. The van der Waals surface area contributed by atoms with E-state index < -0.39 is 17.4 Å². The SMILES string of the molecule is CC(C)(C)C(NC(=O)c1nn(Cc2ccc(C#N)cc2)c2ccccc12)C(=O)NC[C@H]1CC1CO. The molecule has 2 aromatic carbocycles. The lowest BCUT2D eigenvalue weighted by molar-refractivity contribution is -0.125.